The molecule has 19 heavy (non-hydrogen) atoms. The minimum absolute atomic E-state index is 0.279. The largest absolute Gasteiger partial charge is 0.494 e. The Labute approximate surface area is 124 Å². The highest BCUT2D eigenvalue weighted by Gasteiger charge is 2.53. The van der Waals surface area contributed by atoms with Crippen molar-refractivity contribution in [2.24, 2.45) is 5.41 Å². The predicted octanol–water partition coefficient (Wildman–Crippen LogP) is 4.81. The van der Waals surface area contributed by atoms with Crippen LogP contribution in [-0.2, 0) is 0 Å². The van der Waals surface area contributed by atoms with Crippen molar-refractivity contribution >= 4 is 15.9 Å². The van der Waals surface area contributed by atoms with Gasteiger partial charge in [0, 0.05) is 16.3 Å². The SMILES string of the molecule is CCOc1cccc(OC2CC(Br)C2(CC)CC)c1. The molecule has 0 aliphatic heterocycles. The zero-order chi connectivity index (χ0) is 13.9. The summed E-state index contributed by atoms with van der Waals surface area (Å²) in [6, 6.07) is 7.96. The van der Waals surface area contributed by atoms with E-state index in [4.69, 9.17) is 9.47 Å². The summed E-state index contributed by atoms with van der Waals surface area (Å²) in [6.07, 6.45) is 3.69. The lowest BCUT2D eigenvalue weighted by atomic mass is 9.62. The second-order valence-corrected chi connectivity index (χ2v) is 6.26. The molecular formula is C16H23BrO2. The molecule has 0 aromatic heterocycles. The Balaban J connectivity index is 2.07. The summed E-state index contributed by atoms with van der Waals surface area (Å²) in [6.45, 7) is 7.19. The van der Waals surface area contributed by atoms with E-state index in [0.717, 1.165) is 30.8 Å². The summed E-state index contributed by atoms with van der Waals surface area (Å²) < 4.78 is 11.7. The normalized spacial score (nSPS) is 24.6. The average Bonchev–Trinajstić information content (AvgIpc) is 2.41. The van der Waals surface area contributed by atoms with Gasteiger partial charge in [0.25, 0.3) is 0 Å². The van der Waals surface area contributed by atoms with E-state index in [1.54, 1.807) is 0 Å². The van der Waals surface area contributed by atoms with Gasteiger partial charge in [-0.15, -0.1) is 0 Å². The van der Waals surface area contributed by atoms with Gasteiger partial charge >= 0.3 is 0 Å². The monoisotopic (exact) mass is 326 g/mol. The van der Waals surface area contributed by atoms with E-state index in [-0.39, 0.29) is 5.41 Å². The third-order valence-corrected chi connectivity index (χ3v) is 5.68. The lowest BCUT2D eigenvalue weighted by Crippen LogP contribution is -2.56. The lowest BCUT2D eigenvalue weighted by molar-refractivity contribution is -0.0411. The van der Waals surface area contributed by atoms with Crippen molar-refractivity contribution in [2.45, 2.75) is 51.0 Å². The number of rotatable bonds is 6. The van der Waals surface area contributed by atoms with E-state index in [9.17, 15) is 0 Å². The zero-order valence-electron chi connectivity index (χ0n) is 12.0. The third kappa shape index (κ3) is 2.76. The molecule has 106 valence electrons. The molecule has 3 heteroatoms. The molecule has 1 aromatic rings. The first-order chi connectivity index (χ1) is 9.16. The van der Waals surface area contributed by atoms with Crippen molar-refractivity contribution in [1.82, 2.24) is 0 Å². The van der Waals surface area contributed by atoms with Crippen LogP contribution in [0.15, 0.2) is 24.3 Å². The molecule has 0 heterocycles. The van der Waals surface area contributed by atoms with Crippen molar-refractivity contribution < 1.29 is 9.47 Å². The Kier molecular flexibility index (Phi) is 4.77. The highest BCUT2D eigenvalue weighted by Crippen LogP contribution is 2.52. The molecule has 1 aliphatic rings. The van der Waals surface area contributed by atoms with Crippen LogP contribution in [0.1, 0.15) is 40.0 Å². The van der Waals surface area contributed by atoms with Crippen LogP contribution in [0.4, 0.5) is 0 Å². The molecule has 2 atom stereocenters. The van der Waals surface area contributed by atoms with E-state index in [0.29, 0.717) is 17.5 Å². The molecular weight excluding hydrogens is 304 g/mol. The smallest absolute Gasteiger partial charge is 0.123 e. The fraction of sp³-hybridized carbons (Fsp3) is 0.625. The Morgan fingerprint density at radius 3 is 2.47 bits per heavy atom. The maximum Gasteiger partial charge on any atom is 0.123 e. The van der Waals surface area contributed by atoms with Crippen molar-refractivity contribution in [1.29, 1.82) is 0 Å². The quantitative estimate of drug-likeness (QED) is 0.698. The van der Waals surface area contributed by atoms with Crippen LogP contribution in [-0.4, -0.2) is 17.5 Å². The van der Waals surface area contributed by atoms with Crippen LogP contribution < -0.4 is 9.47 Å². The minimum Gasteiger partial charge on any atom is -0.494 e. The third-order valence-electron chi connectivity index (χ3n) is 4.40. The molecule has 2 rings (SSSR count). The number of hydrogen-bond donors (Lipinski definition) is 0. The molecule has 0 bridgehead atoms. The molecule has 1 aliphatic carbocycles. The van der Waals surface area contributed by atoms with E-state index < -0.39 is 0 Å². The van der Waals surface area contributed by atoms with E-state index in [1.165, 1.54) is 0 Å². The first-order valence-corrected chi connectivity index (χ1v) is 8.11. The number of halogens is 1. The molecule has 2 nitrogen and oxygen atoms in total. The van der Waals surface area contributed by atoms with Crippen LogP contribution in [0.25, 0.3) is 0 Å². The summed E-state index contributed by atoms with van der Waals surface area (Å²) in [5.74, 6) is 1.80. The highest BCUT2D eigenvalue weighted by atomic mass is 79.9. The number of ether oxygens (including phenoxy) is 2. The first kappa shape index (κ1) is 14.7. The second kappa shape index (κ2) is 6.17. The fourth-order valence-corrected chi connectivity index (χ4v) is 4.26. The minimum atomic E-state index is 0.279. The lowest BCUT2D eigenvalue weighted by Gasteiger charge is -2.52. The first-order valence-electron chi connectivity index (χ1n) is 7.19. The van der Waals surface area contributed by atoms with Gasteiger partial charge in [0.15, 0.2) is 0 Å². The zero-order valence-corrected chi connectivity index (χ0v) is 13.6. The Hall–Kier alpha value is -0.700. The maximum absolute atomic E-state index is 6.20. The molecule has 0 radical (unpaired) electrons. The fourth-order valence-electron chi connectivity index (χ4n) is 2.98. The Bertz CT molecular complexity index is 415. The van der Waals surface area contributed by atoms with Gasteiger partial charge in [-0.2, -0.15) is 0 Å². The Morgan fingerprint density at radius 1 is 1.21 bits per heavy atom. The van der Waals surface area contributed by atoms with E-state index in [2.05, 4.69) is 29.8 Å². The van der Waals surface area contributed by atoms with Crippen molar-refractivity contribution in [3.63, 3.8) is 0 Å². The van der Waals surface area contributed by atoms with Gasteiger partial charge in [0.1, 0.15) is 17.6 Å². The highest BCUT2D eigenvalue weighted by molar-refractivity contribution is 9.09. The van der Waals surface area contributed by atoms with Crippen molar-refractivity contribution in [2.75, 3.05) is 6.61 Å². The predicted molar refractivity (Wildman–Crippen MR) is 82.4 cm³/mol. The van der Waals surface area contributed by atoms with Crippen LogP contribution in [0.3, 0.4) is 0 Å². The van der Waals surface area contributed by atoms with Gasteiger partial charge in [0.2, 0.25) is 0 Å². The van der Waals surface area contributed by atoms with Gasteiger partial charge < -0.3 is 9.47 Å². The van der Waals surface area contributed by atoms with Gasteiger partial charge in [-0.3, -0.25) is 0 Å². The summed E-state index contributed by atoms with van der Waals surface area (Å²) >= 11 is 3.79. The van der Waals surface area contributed by atoms with Crippen LogP contribution in [0.2, 0.25) is 0 Å². The summed E-state index contributed by atoms with van der Waals surface area (Å²) in [5, 5.41) is 0. The van der Waals surface area contributed by atoms with Gasteiger partial charge in [-0.05, 0) is 38.3 Å². The Morgan fingerprint density at radius 2 is 1.89 bits per heavy atom. The second-order valence-electron chi connectivity index (χ2n) is 5.16. The van der Waals surface area contributed by atoms with Gasteiger partial charge in [-0.25, -0.2) is 0 Å². The molecule has 1 fully saturated rings. The maximum atomic E-state index is 6.20. The van der Waals surface area contributed by atoms with Gasteiger partial charge in [0.05, 0.1) is 6.61 Å². The average molecular weight is 327 g/mol. The number of benzene rings is 1. The molecule has 0 saturated heterocycles. The van der Waals surface area contributed by atoms with Crippen LogP contribution in [0, 0.1) is 5.41 Å². The van der Waals surface area contributed by atoms with Crippen molar-refractivity contribution in [3.05, 3.63) is 24.3 Å². The standard InChI is InChI=1S/C16H23BrO2/c1-4-16(5-2)14(17)11-15(16)19-13-9-7-8-12(10-13)18-6-3/h7-10,14-15H,4-6,11H2,1-3H3. The molecule has 0 amide bonds. The molecule has 1 aromatic carbocycles. The number of hydrogen-bond acceptors (Lipinski definition) is 2. The molecule has 2 unspecified atom stereocenters. The number of alkyl halides is 1. The van der Waals surface area contributed by atoms with Crippen LogP contribution >= 0.6 is 15.9 Å². The van der Waals surface area contributed by atoms with Gasteiger partial charge in [-0.1, -0.05) is 35.8 Å². The molecule has 0 spiro atoms. The molecule has 0 N–H and O–H groups in total. The van der Waals surface area contributed by atoms with E-state index >= 15 is 0 Å². The topological polar surface area (TPSA) is 18.5 Å². The summed E-state index contributed by atoms with van der Waals surface area (Å²) in [5.41, 5.74) is 0.279. The van der Waals surface area contributed by atoms with Crippen LogP contribution in [0.5, 0.6) is 11.5 Å². The van der Waals surface area contributed by atoms with Crippen molar-refractivity contribution in [3.8, 4) is 11.5 Å². The summed E-state index contributed by atoms with van der Waals surface area (Å²) in [4.78, 5) is 0.579. The summed E-state index contributed by atoms with van der Waals surface area (Å²) in [7, 11) is 0. The molecule has 1 saturated carbocycles. The van der Waals surface area contributed by atoms with E-state index in [1.807, 2.05) is 31.2 Å².